The molecule has 0 fully saturated rings. The van der Waals surface area contributed by atoms with E-state index in [1.165, 1.54) is 0 Å². The van der Waals surface area contributed by atoms with Gasteiger partial charge in [0.1, 0.15) is 0 Å². The van der Waals surface area contributed by atoms with Gasteiger partial charge in [0.2, 0.25) is 0 Å². The van der Waals surface area contributed by atoms with Gasteiger partial charge in [-0.2, -0.15) is 0 Å². The third-order valence-corrected chi connectivity index (χ3v) is 4.08. The second kappa shape index (κ2) is 8.16. The molecule has 0 bridgehead atoms. The summed E-state index contributed by atoms with van der Waals surface area (Å²) in [6, 6.07) is 25.2. The zero-order chi connectivity index (χ0) is 16.8. The molecule has 0 aliphatic rings. The fraction of sp³-hybridized carbons (Fsp3) is 0.100. The molecule has 0 aliphatic heterocycles. The highest BCUT2D eigenvalue weighted by molar-refractivity contribution is 6.78. The lowest BCUT2D eigenvalue weighted by atomic mass is 9.56. The van der Waals surface area contributed by atoms with Crippen LogP contribution in [0.1, 0.15) is 11.1 Å². The number of halogens is 1. The maximum Gasteiger partial charge on any atom is 0.358 e. The largest absolute Gasteiger partial charge is 0.443 e. The molecule has 0 radical (unpaired) electrons. The first kappa shape index (κ1) is 16.8. The number of ether oxygens (including phenoxy) is 1. The molecule has 0 unspecified atom stereocenters. The topological polar surface area (TPSA) is 29.5 Å². The van der Waals surface area contributed by atoms with Crippen LogP contribution in [0.3, 0.4) is 0 Å². The standard InChI is InChI=1S/C20H18BClO2/c22-20-11-9-18(10-12-20)21(23)19-8-4-7-17(13-19)15-24-14-16-5-2-1-3-6-16/h1-13,23H,14-15H2. The first-order valence-electron chi connectivity index (χ1n) is 7.86. The minimum atomic E-state index is -0.670. The van der Waals surface area contributed by atoms with Crippen molar-refractivity contribution in [3.8, 4) is 0 Å². The van der Waals surface area contributed by atoms with Gasteiger partial charge in [0.05, 0.1) is 13.2 Å². The van der Waals surface area contributed by atoms with Crippen molar-refractivity contribution in [2.24, 2.45) is 0 Å². The Hall–Kier alpha value is -2.07. The third-order valence-electron chi connectivity index (χ3n) is 3.83. The van der Waals surface area contributed by atoms with Gasteiger partial charge in [-0.05, 0) is 34.2 Å². The number of benzene rings is 3. The molecule has 0 aliphatic carbocycles. The summed E-state index contributed by atoms with van der Waals surface area (Å²) >= 11 is 5.90. The lowest BCUT2D eigenvalue weighted by molar-refractivity contribution is 0.107. The first-order valence-corrected chi connectivity index (χ1v) is 8.24. The molecular formula is C20H18BClO2. The van der Waals surface area contributed by atoms with E-state index in [-0.39, 0.29) is 0 Å². The Balaban J connectivity index is 1.64. The molecule has 0 spiro atoms. The maximum absolute atomic E-state index is 10.5. The fourth-order valence-corrected chi connectivity index (χ4v) is 2.68. The van der Waals surface area contributed by atoms with Gasteiger partial charge in [-0.3, -0.25) is 0 Å². The monoisotopic (exact) mass is 336 g/mol. The van der Waals surface area contributed by atoms with Gasteiger partial charge >= 0.3 is 6.92 Å². The molecule has 0 saturated heterocycles. The Morgan fingerprint density at radius 3 is 2.17 bits per heavy atom. The number of hydrogen-bond acceptors (Lipinski definition) is 2. The van der Waals surface area contributed by atoms with E-state index in [0.717, 1.165) is 22.1 Å². The smallest absolute Gasteiger partial charge is 0.358 e. The predicted molar refractivity (Wildman–Crippen MR) is 100 cm³/mol. The SMILES string of the molecule is OB(c1ccc(Cl)cc1)c1cccc(COCc2ccccc2)c1. The van der Waals surface area contributed by atoms with Gasteiger partial charge in [-0.1, -0.05) is 78.3 Å². The zero-order valence-electron chi connectivity index (χ0n) is 13.2. The Morgan fingerprint density at radius 2 is 1.42 bits per heavy atom. The highest BCUT2D eigenvalue weighted by Gasteiger charge is 2.17. The van der Waals surface area contributed by atoms with Crippen molar-refractivity contribution in [3.63, 3.8) is 0 Å². The van der Waals surface area contributed by atoms with Crippen LogP contribution in [0.15, 0.2) is 78.9 Å². The minimum Gasteiger partial charge on any atom is -0.443 e. The van der Waals surface area contributed by atoms with E-state index in [1.54, 1.807) is 12.1 Å². The van der Waals surface area contributed by atoms with E-state index in [2.05, 4.69) is 0 Å². The molecule has 1 N–H and O–H groups in total. The summed E-state index contributed by atoms with van der Waals surface area (Å²) in [5, 5.41) is 11.2. The lowest BCUT2D eigenvalue weighted by Crippen LogP contribution is -2.42. The van der Waals surface area contributed by atoms with Crippen molar-refractivity contribution < 1.29 is 9.76 Å². The van der Waals surface area contributed by atoms with Crippen molar-refractivity contribution in [2.75, 3.05) is 0 Å². The van der Waals surface area contributed by atoms with Crippen LogP contribution < -0.4 is 10.9 Å². The van der Waals surface area contributed by atoms with Crippen LogP contribution in [-0.4, -0.2) is 11.9 Å². The second-order valence-corrected chi connectivity index (χ2v) is 6.11. The zero-order valence-corrected chi connectivity index (χ0v) is 14.0. The van der Waals surface area contributed by atoms with Crippen LogP contribution in [-0.2, 0) is 18.0 Å². The van der Waals surface area contributed by atoms with Gasteiger partial charge in [0.25, 0.3) is 0 Å². The van der Waals surface area contributed by atoms with E-state index in [1.807, 2.05) is 66.7 Å². The van der Waals surface area contributed by atoms with Gasteiger partial charge in [0.15, 0.2) is 0 Å². The normalized spacial score (nSPS) is 10.6. The molecule has 0 heterocycles. The molecule has 0 saturated carbocycles. The molecule has 3 rings (SSSR count). The van der Waals surface area contributed by atoms with Crippen molar-refractivity contribution in [3.05, 3.63) is 95.0 Å². The number of hydrogen-bond donors (Lipinski definition) is 1. The molecule has 3 aromatic rings. The van der Waals surface area contributed by atoms with Crippen LogP contribution in [0.4, 0.5) is 0 Å². The quantitative estimate of drug-likeness (QED) is 0.701. The van der Waals surface area contributed by atoms with Crippen LogP contribution in [0.2, 0.25) is 5.02 Å². The summed E-state index contributed by atoms with van der Waals surface area (Å²) in [6.45, 7) is 0.414. The van der Waals surface area contributed by atoms with E-state index in [4.69, 9.17) is 16.3 Å². The average molecular weight is 337 g/mol. The Bertz CT molecular complexity index is 775. The molecule has 24 heavy (non-hydrogen) atoms. The summed E-state index contributed by atoms with van der Waals surface area (Å²) in [4.78, 5) is 0. The van der Waals surface area contributed by atoms with Gasteiger partial charge in [-0.25, -0.2) is 0 Å². The molecule has 2 nitrogen and oxygen atoms in total. The first-order chi connectivity index (χ1) is 11.7. The van der Waals surface area contributed by atoms with Crippen LogP contribution in [0.5, 0.6) is 0 Å². The van der Waals surface area contributed by atoms with E-state index < -0.39 is 6.92 Å². The molecule has 120 valence electrons. The lowest BCUT2D eigenvalue weighted by Gasteiger charge is -2.10. The van der Waals surface area contributed by atoms with E-state index in [9.17, 15) is 5.02 Å². The van der Waals surface area contributed by atoms with Crippen molar-refractivity contribution in [2.45, 2.75) is 13.2 Å². The number of rotatable bonds is 6. The summed E-state index contributed by atoms with van der Waals surface area (Å²) in [5.74, 6) is 0. The summed E-state index contributed by atoms with van der Waals surface area (Å²) < 4.78 is 5.76. The highest BCUT2D eigenvalue weighted by atomic mass is 35.5. The fourth-order valence-electron chi connectivity index (χ4n) is 2.55. The van der Waals surface area contributed by atoms with Gasteiger partial charge in [-0.15, -0.1) is 0 Å². The van der Waals surface area contributed by atoms with E-state index >= 15 is 0 Å². The average Bonchev–Trinajstić information content (AvgIpc) is 2.63. The van der Waals surface area contributed by atoms with E-state index in [0.29, 0.717) is 18.2 Å². The molecule has 3 aromatic carbocycles. The molecule has 0 atom stereocenters. The third kappa shape index (κ3) is 4.48. The Kier molecular flexibility index (Phi) is 5.70. The van der Waals surface area contributed by atoms with Gasteiger partial charge < -0.3 is 9.76 Å². The van der Waals surface area contributed by atoms with Crippen LogP contribution >= 0.6 is 11.6 Å². The molecule has 4 heteroatoms. The Labute approximate surface area is 147 Å². The van der Waals surface area contributed by atoms with Crippen LogP contribution in [0.25, 0.3) is 0 Å². The molecular weight excluding hydrogens is 318 g/mol. The molecule has 0 amide bonds. The predicted octanol–water partition coefficient (Wildman–Crippen LogP) is 3.15. The summed E-state index contributed by atoms with van der Waals surface area (Å²) in [6.07, 6.45) is 0. The summed E-state index contributed by atoms with van der Waals surface area (Å²) in [5.41, 5.74) is 3.85. The van der Waals surface area contributed by atoms with Crippen LogP contribution in [0, 0.1) is 0 Å². The van der Waals surface area contributed by atoms with Crippen molar-refractivity contribution in [1.82, 2.24) is 0 Å². The van der Waals surface area contributed by atoms with Crippen molar-refractivity contribution in [1.29, 1.82) is 0 Å². The van der Waals surface area contributed by atoms with Crippen molar-refractivity contribution >= 4 is 29.4 Å². The minimum absolute atomic E-state index is 0.510. The van der Waals surface area contributed by atoms with Gasteiger partial charge in [0, 0.05) is 5.02 Å². The maximum atomic E-state index is 10.5. The highest BCUT2D eigenvalue weighted by Crippen LogP contribution is 2.07. The second-order valence-electron chi connectivity index (χ2n) is 5.68. The summed E-state index contributed by atoms with van der Waals surface area (Å²) in [7, 11) is 0. The Morgan fingerprint density at radius 1 is 0.750 bits per heavy atom. The molecule has 0 aromatic heterocycles.